The quantitative estimate of drug-likeness (QED) is 0.164. The van der Waals surface area contributed by atoms with Crippen LogP contribution >= 0.6 is 31.9 Å². The highest BCUT2D eigenvalue weighted by Crippen LogP contribution is 2.39. The van der Waals surface area contributed by atoms with Crippen molar-refractivity contribution in [1.82, 2.24) is 0 Å². The van der Waals surface area contributed by atoms with Crippen molar-refractivity contribution >= 4 is 53.4 Å². The van der Waals surface area contributed by atoms with Gasteiger partial charge in [0, 0.05) is 8.95 Å². The summed E-state index contributed by atoms with van der Waals surface area (Å²) in [5.74, 6) is 3.55. The number of benzene rings is 6. The number of nitrogens with zero attached hydrogens (tertiary/aromatic N) is 4. The van der Waals surface area contributed by atoms with Crippen molar-refractivity contribution in [2.45, 2.75) is 0 Å². The normalized spacial score (nSPS) is 10.0. The fourth-order valence-corrected chi connectivity index (χ4v) is 5.40. The number of fused-ring (bicyclic) bond motifs is 2. The van der Waals surface area contributed by atoms with E-state index < -0.39 is 0 Å². The second-order valence-corrected chi connectivity index (χ2v) is 11.8. The van der Waals surface area contributed by atoms with Crippen LogP contribution in [0, 0.1) is 45.3 Å². The summed E-state index contributed by atoms with van der Waals surface area (Å²) < 4.78 is 24.5. The van der Waals surface area contributed by atoms with Gasteiger partial charge in [0.25, 0.3) is 0 Å². The smallest absolute Gasteiger partial charge is 0.170 e. The molecule has 0 radical (unpaired) electrons. The third-order valence-electron chi connectivity index (χ3n) is 7.11. The molecular formula is C38H22Br2N4O4. The minimum atomic E-state index is 0.305. The molecular weight excluding hydrogens is 736 g/mol. The topological polar surface area (TPSA) is 132 Å². The van der Waals surface area contributed by atoms with Gasteiger partial charge < -0.3 is 18.9 Å². The number of halogens is 2. The van der Waals surface area contributed by atoms with Gasteiger partial charge in [-0.15, -0.1) is 0 Å². The average Bonchev–Trinajstić information content (AvgIpc) is 3.12. The first-order valence-electron chi connectivity index (χ1n) is 14.1. The van der Waals surface area contributed by atoms with Gasteiger partial charge >= 0.3 is 0 Å². The van der Waals surface area contributed by atoms with Crippen LogP contribution in [0.15, 0.2) is 106 Å². The van der Waals surface area contributed by atoms with Gasteiger partial charge in [-0.05, 0) is 150 Å². The Morgan fingerprint density at radius 2 is 0.688 bits per heavy atom. The van der Waals surface area contributed by atoms with Crippen LogP contribution in [-0.2, 0) is 0 Å². The van der Waals surface area contributed by atoms with Gasteiger partial charge in [-0.1, -0.05) is 0 Å². The summed E-state index contributed by atoms with van der Waals surface area (Å²) in [5, 5.41) is 40.0. The molecule has 0 saturated heterocycles. The van der Waals surface area contributed by atoms with Crippen molar-refractivity contribution < 1.29 is 18.9 Å². The summed E-state index contributed by atoms with van der Waals surface area (Å²) in [7, 11) is 3.20. The van der Waals surface area contributed by atoms with E-state index in [1.807, 2.05) is 24.3 Å². The maximum atomic E-state index is 9.38. The molecule has 0 heterocycles. The second kappa shape index (κ2) is 15.0. The lowest BCUT2D eigenvalue weighted by Gasteiger charge is -2.15. The molecule has 0 amide bonds. The van der Waals surface area contributed by atoms with Gasteiger partial charge in [-0.3, -0.25) is 0 Å². The van der Waals surface area contributed by atoms with Crippen LogP contribution in [0.3, 0.4) is 0 Å². The third kappa shape index (κ3) is 7.49. The Morgan fingerprint density at radius 1 is 0.417 bits per heavy atom. The molecule has 0 N–H and O–H groups in total. The maximum Gasteiger partial charge on any atom is 0.170 e. The van der Waals surface area contributed by atoms with Crippen LogP contribution in [-0.4, -0.2) is 14.2 Å². The second-order valence-electron chi connectivity index (χ2n) is 10.1. The van der Waals surface area contributed by atoms with E-state index in [9.17, 15) is 10.5 Å². The lowest BCUT2D eigenvalue weighted by Crippen LogP contribution is -1.93. The Morgan fingerprint density at radius 3 is 0.958 bits per heavy atom. The first-order chi connectivity index (χ1) is 23.3. The van der Waals surface area contributed by atoms with E-state index in [-0.39, 0.29) is 0 Å². The monoisotopic (exact) mass is 756 g/mol. The van der Waals surface area contributed by atoms with Crippen LogP contribution in [0.25, 0.3) is 21.5 Å². The Bertz CT molecular complexity index is 2170. The molecule has 6 aromatic carbocycles. The fourth-order valence-electron chi connectivity index (χ4n) is 4.67. The SMILES string of the molecule is COc1ccc(Oc2cc3cc(C#N)c(C#N)cc3cc2Oc2ccc(OC)cc2)cc1.N#Cc1cc2cc(Br)c(Br)cc2cc1C#N. The molecule has 10 heteroatoms. The van der Waals surface area contributed by atoms with Gasteiger partial charge in [-0.25, -0.2) is 0 Å². The van der Waals surface area contributed by atoms with Gasteiger partial charge in [0.1, 0.15) is 47.3 Å². The molecule has 6 rings (SSSR count). The van der Waals surface area contributed by atoms with Crippen LogP contribution in [0.4, 0.5) is 0 Å². The first-order valence-corrected chi connectivity index (χ1v) is 15.7. The fraction of sp³-hybridized carbons (Fsp3) is 0.0526. The van der Waals surface area contributed by atoms with Crippen molar-refractivity contribution in [3.8, 4) is 58.8 Å². The average molecular weight is 758 g/mol. The zero-order valence-electron chi connectivity index (χ0n) is 25.4. The molecule has 0 unspecified atom stereocenters. The molecule has 0 aliphatic heterocycles. The van der Waals surface area contributed by atoms with Gasteiger partial charge in [0.2, 0.25) is 0 Å². The predicted molar refractivity (Wildman–Crippen MR) is 188 cm³/mol. The van der Waals surface area contributed by atoms with Crippen molar-refractivity contribution in [3.63, 3.8) is 0 Å². The number of rotatable bonds is 6. The van der Waals surface area contributed by atoms with E-state index in [4.69, 9.17) is 29.5 Å². The van der Waals surface area contributed by atoms with E-state index in [0.717, 1.165) is 30.5 Å². The van der Waals surface area contributed by atoms with Crippen molar-refractivity contribution in [2.24, 2.45) is 0 Å². The lowest BCUT2D eigenvalue weighted by atomic mass is 10.0. The summed E-state index contributed by atoms with van der Waals surface area (Å²) in [4.78, 5) is 0. The molecule has 6 aromatic rings. The minimum Gasteiger partial charge on any atom is -0.497 e. The van der Waals surface area contributed by atoms with Crippen molar-refractivity contribution in [3.05, 3.63) is 128 Å². The molecule has 0 fully saturated rings. The van der Waals surface area contributed by atoms with E-state index in [1.165, 1.54) is 0 Å². The first kappa shape index (κ1) is 33.3. The third-order valence-corrected chi connectivity index (χ3v) is 8.96. The Kier molecular flexibility index (Phi) is 10.4. The summed E-state index contributed by atoms with van der Waals surface area (Å²) in [6.07, 6.45) is 0. The zero-order valence-corrected chi connectivity index (χ0v) is 28.6. The minimum absolute atomic E-state index is 0.305. The van der Waals surface area contributed by atoms with Gasteiger partial charge in [0.05, 0.1) is 36.5 Å². The van der Waals surface area contributed by atoms with Crippen molar-refractivity contribution in [2.75, 3.05) is 14.2 Å². The number of hydrogen-bond donors (Lipinski definition) is 0. The zero-order chi connectivity index (χ0) is 34.2. The van der Waals surface area contributed by atoms with Gasteiger partial charge in [0.15, 0.2) is 11.5 Å². The summed E-state index contributed by atoms with van der Waals surface area (Å²) in [6.45, 7) is 0. The summed E-state index contributed by atoms with van der Waals surface area (Å²) in [5.41, 5.74) is 1.42. The molecule has 232 valence electrons. The van der Waals surface area contributed by atoms with E-state index in [2.05, 4.69) is 44.0 Å². The molecule has 0 saturated carbocycles. The van der Waals surface area contributed by atoms with Crippen LogP contribution in [0.1, 0.15) is 22.3 Å². The Balaban J connectivity index is 0.000000236. The molecule has 48 heavy (non-hydrogen) atoms. The Labute approximate surface area is 293 Å². The molecule has 0 aliphatic carbocycles. The summed E-state index contributed by atoms with van der Waals surface area (Å²) in [6, 6.07) is 36.8. The maximum absolute atomic E-state index is 9.38. The van der Waals surface area contributed by atoms with Gasteiger partial charge in [-0.2, -0.15) is 21.0 Å². The number of ether oxygens (including phenoxy) is 4. The lowest BCUT2D eigenvalue weighted by molar-refractivity contribution is 0.405. The largest absolute Gasteiger partial charge is 0.497 e. The van der Waals surface area contributed by atoms with E-state index in [0.29, 0.717) is 56.8 Å². The Hall–Kier alpha value is -6.04. The van der Waals surface area contributed by atoms with E-state index >= 15 is 0 Å². The molecule has 8 nitrogen and oxygen atoms in total. The van der Waals surface area contributed by atoms with E-state index in [1.54, 1.807) is 99.1 Å². The number of hydrogen-bond acceptors (Lipinski definition) is 8. The molecule has 0 aliphatic rings. The molecule has 0 spiro atoms. The number of nitriles is 4. The van der Waals surface area contributed by atoms with Crippen LogP contribution in [0.5, 0.6) is 34.5 Å². The highest BCUT2D eigenvalue weighted by Gasteiger charge is 2.14. The van der Waals surface area contributed by atoms with Crippen LogP contribution < -0.4 is 18.9 Å². The molecule has 0 aromatic heterocycles. The molecule has 0 atom stereocenters. The number of methoxy groups -OCH3 is 2. The summed E-state index contributed by atoms with van der Waals surface area (Å²) >= 11 is 6.81. The highest BCUT2D eigenvalue weighted by atomic mass is 79.9. The predicted octanol–water partition coefficient (Wildman–Crippen LogP) is 10.3. The highest BCUT2D eigenvalue weighted by molar-refractivity contribution is 9.13. The van der Waals surface area contributed by atoms with Crippen LogP contribution in [0.2, 0.25) is 0 Å². The van der Waals surface area contributed by atoms with Crippen molar-refractivity contribution in [1.29, 1.82) is 21.0 Å². The molecule has 0 bridgehead atoms. The standard InChI is InChI=1S/C26H18N2O4.C12H4Br2N2/c1-29-21-3-7-23(8-4-21)31-25-13-17-11-19(15-27)20(16-28)12-18(17)14-26(25)32-24-9-5-22(30-2)6-10-24;13-11-3-7-1-9(5-15)10(6-16)2-8(7)4-12(11)14/h3-14H,1-2H3;1-4H.